The number of carbonyl (C=O) groups excluding carboxylic acids is 2. The molecule has 0 fully saturated rings. The van der Waals surface area contributed by atoms with Crippen molar-refractivity contribution in [2.24, 2.45) is 5.92 Å². The Hall–Kier alpha value is -3.40. The molecule has 28 heavy (non-hydrogen) atoms. The van der Waals surface area contributed by atoms with E-state index in [0.29, 0.717) is 19.3 Å². The highest BCUT2D eigenvalue weighted by Crippen LogP contribution is 2.27. The van der Waals surface area contributed by atoms with Gasteiger partial charge in [-0.15, -0.1) is 0 Å². The molecule has 1 unspecified atom stereocenters. The van der Waals surface area contributed by atoms with Gasteiger partial charge in [-0.3, -0.25) is 9.59 Å². The Morgan fingerprint density at radius 2 is 1.57 bits per heavy atom. The number of hydrogen-bond acceptors (Lipinski definition) is 2. The standard InChI is InChI=1S/C24H22N2O2/c27-23(15-12-20-16-19-8-4-5-9-22(19)26-24(20)28)25-21-13-10-18(11-14-21)17-6-2-1-3-7-17/h1-11,13-14,20H,12,15-16H2,(H,25,27)(H,26,28). The van der Waals surface area contributed by atoms with E-state index in [-0.39, 0.29) is 17.7 Å². The SMILES string of the molecule is O=C(CCC1Cc2ccccc2NC1=O)Nc1ccc(-c2ccccc2)cc1. The van der Waals surface area contributed by atoms with E-state index < -0.39 is 0 Å². The van der Waals surface area contributed by atoms with E-state index in [1.165, 1.54) is 0 Å². The van der Waals surface area contributed by atoms with Crippen LogP contribution in [0.5, 0.6) is 0 Å². The largest absolute Gasteiger partial charge is 0.326 e. The van der Waals surface area contributed by atoms with Crippen molar-refractivity contribution in [2.45, 2.75) is 19.3 Å². The lowest BCUT2D eigenvalue weighted by atomic mass is 9.89. The maximum Gasteiger partial charge on any atom is 0.227 e. The smallest absolute Gasteiger partial charge is 0.227 e. The number of benzene rings is 3. The molecule has 3 aromatic rings. The fraction of sp³-hybridized carbons (Fsp3) is 0.167. The predicted octanol–water partition coefficient (Wildman–Crippen LogP) is 4.88. The van der Waals surface area contributed by atoms with Gasteiger partial charge in [-0.1, -0.05) is 60.7 Å². The molecule has 1 aliphatic heterocycles. The van der Waals surface area contributed by atoms with Crippen molar-refractivity contribution in [1.29, 1.82) is 0 Å². The molecule has 1 heterocycles. The van der Waals surface area contributed by atoms with E-state index in [1.807, 2.05) is 66.7 Å². The number of amides is 2. The van der Waals surface area contributed by atoms with Gasteiger partial charge in [0.25, 0.3) is 0 Å². The summed E-state index contributed by atoms with van der Waals surface area (Å²) in [5, 5.41) is 5.86. The quantitative estimate of drug-likeness (QED) is 0.672. The summed E-state index contributed by atoms with van der Waals surface area (Å²) in [5.74, 6) is -0.237. The van der Waals surface area contributed by atoms with Crippen molar-refractivity contribution in [3.63, 3.8) is 0 Å². The lowest BCUT2D eigenvalue weighted by molar-refractivity contribution is -0.121. The highest BCUT2D eigenvalue weighted by molar-refractivity contribution is 5.96. The summed E-state index contributed by atoms with van der Waals surface area (Å²) in [6.45, 7) is 0. The number of nitrogens with one attached hydrogen (secondary N) is 2. The van der Waals surface area contributed by atoms with Crippen LogP contribution < -0.4 is 10.6 Å². The molecule has 0 spiro atoms. The highest BCUT2D eigenvalue weighted by atomic mass is 16.2. The summed E-state index contributed by atoms with van der Waals surface area (Å²) in [7, 11) is 0. The molecule has 1 aliphatic rings. The summed E-state index contributed by atoms with van der Waals surface area (Å²) in [4.78, 5) is 24.6. The van der Waals surface area contributed by atoms with Crippen LogP contribution in [0.25, 0.3) is 11.1 Å². The molecule has 0 aromatic heterocycles. The number of para-hydroxylation sites is 1. The number of hydrogen-bond donors (Lipinski definition) is 2. The Balaban J connectivity index is 1.32. The van der Waals surface area contributed by atoms with Crippen LogP contribution in [-0.2, 0) is 16.0 Å². The first-order valence-electron chi connectivity index (χ1n) is 9.53. The zero-order valence-electron chi connectivity index (χ0n) is 15.5. The fourth-order valence-electron chi connectivity index (χ4n) is 3.55. The second kappa shape index (κ2) is 8.09. The molecule has 0 radical (unpaired) electrons. The minimum absolute atomic E-state index is 0.00119. The van der Waals surface area contributed by atoms with Gasteiger partial charge in [0.15, 0.2) is 0 Å². The zero-order chi connectivity index (χ0) is 19.3. The van der Waals surface area contributed by atoms with Gasteiger partial charge in [0.05, 0.1) is 0 Å². The number of carbonyl (C=O) groups is 2. The Kier molecular flexibility index (Phi) is 5.20. The normalized spacial score (nSPS) is 15.4. The van der Waals surface area contributed by atoms with Crippen molar-refractivity contribution in [3.8, 4) is 11.1 Å². The number of rotatable bonds is 5. The molecule has 0 aliphatic carbocycles. The molecule has 1 atom stereocenters. The van der Waals surface area contributed by atoms with Gasteiger partial charge >= 0.3 is 0 Å². The topological polar surface area (TPSA) is 58.2 Å². The van der Waals surface area contributed by atoms with Crippen LogP contribution in [0.3, 0.4) is 0 Å². The minimum atomic E-state index is -0.166. The first-order chi connectivity index (χ1) is 13.7. The Morgan fingerprint density at radius 1 is 0.893 bits per heavy atom. The molecular formula is C24H22N2O2. The number of anilines is 2. The fourth-order valence-corrected chi connectivity index (χ4v) is 3.55. The van der Waals surface area contributed by atoms with Crippen LogP contribution in [0.15, 0.2) is 78.9 Å². The Labute approximate surface area is 164 Å². The molecule has 140 valence electrons. The lowest BCUT2D eigenvalue weighted by Gasteiger charge is -2.24. The van der Waals surface area contributed by atoms with Gasteiger partial charge in [0, 0.05) is 23.7 Å². The summed E-state index contributed by atoms with van der Waals surface area (Å²) in [6, 6.07) is 25.7. The summed E-state index contributed by atoms with van der Waals surface area (Å²) in [6.07, 6.45) is 1.54. The molecule has 2 amide bonds. The molecule has 2 N–H and O–H groups in total. The van der Waals surface area contributed by atoms with Crippen LogP contribution in [0.1, 0.15) is 18.4 Å². The first kappa shape index (κ1) is 18.0. The average molecular weight is 370 g/mol. The van der Waals surface area contributed by atoms with Crippen molar-refractivity contribution in [3.05, 3.63) is 84.4 Å². The van der Waals surface area contributed by atoms with Crippen molar-refractivity contribution >= 4 is 23.2 Å². The summed E-state index contributed by atoms with van der Waals surface area (Å²) in [5.41, 5.74) is 5.03. The van der Waals surface area contributed by atoms with Crippen LogP contribution in [-0.4, -0.2) is 11.8 Å². The van der Waals surface area contributed by atoms with Gasteiger partial charge in [-0.25, -0.2) is 0 Å². The summed E-state index contributed by atoms with van der Waals surface area (Å²) < 4.78 is 0. The van der Waals surface area contributed by atoms with Gasteiger partial charge in [-0.05, 0) is 47.7 Å². The van der Waals surface area contributed by atoms with E-state index in [0.717, 1.165) is 28.1 Å². The van der Waals surface area contributed by atoms with E-state index in [2.05, 4.69) is 22.8 Å². The third kappa shape index (κ3) is 4.12. The van der Waals surface area contributed by atoms with Gasteiger partial charge in [0.2, 0.25) is 11.8 Å². The van der Waals surface area contributed by atoms with Gasteiger partial charge < -0.3 is 10.6 Å². The monoisotopic (exact) mass is 370 g/mol. The van der Waals surface area contributed by atoms with E-state index in [1.54, 1.807) is 0 Å². The Morgan fingerprint density at radius 3 is 2.36 bits per heavy atom. The van der Waals surface area contributed by atoms with Gasteiger partial charge in [-0.2, -0.15) is 0 Å². The second-order valence-electron chi connectivity index (χ2n) is 7.08. The minimum Gasteiger partial charge on any atom is -0.326 e. The maximum absolute atomic E-state index is 12.3. The molecule has 3 aromatic carbocycles. The lowest BCUT2D eigenvalue weighted by Crippen LogP contribution is -2.30. The zero-order valence-corrected chi connectivity index (χ0v) is 15.5. The molecule has 0 bridgehead atoms. The van der Waals surface area contributed by atoms with Crippen LogP contribution >= 0.6 is 0 Å². The third-order valence-electron chi connectivity index (χ3n) is 5.11. The van der Waals surface area contributed by atoms with Crippen LogP contribution in [0.4, 0.5) is 11.4 Å². The van der Waals surface area contributed by atoms with Crippen LogP contribution in [0, 0.1) is 5.92 Å². The highest BCUT2D eigenvalue weighted by Gasteiger charge is 2.26. The summed E-state index contributed by atoms with van der Waals surface area (Å²) >= 11 is 0. The van der Waals surface area contributed by atoms with Crippen LogP contribution in [0.2, 0.25) is 0 Å². The van der Waals surface area contributed by atoms with Crippen molar-refractivity contribution in [1.82, 2.24) is 0 Å². The van der Waals surface area contributed by atoms with Gasteiger partial charge in [0.1, 0.15) is 0 Å². The molecule has 4 rings (SSSR count). The molecule has 0 saturated heterocycles. The third-order valence-corrected chi connectivity index (χ3v) is 5.11. The van der Waals surface area contributed by atoms with E-state index in [9.17, 15) is 9.59 Å². The Bertz CT molecular complexity index is 981. The second-order valence-corrected chi connectivity index (χ2v) is 7.08. The predicted molar refractivity (Wildman–Crippen MR) is 112 cm³/mol. The van der Waals surface area contributed by atoms with Crippen molar-refractivity contribution in [2.75, 3.05) is 10.6 Å². The van der Waals surface area contributed by atoms with Crippen molar-refractivity contribution < 1.29 is 9.59 Å². The van der Waals surface area contributed by atoms with E-state index >= 15 is 0 Å². The maximum atomic E-state index is 12.3. The molecule has 4 nitrogen and oxygen atoms in total. The average Bonchev–Trinajstić information content (AvgIpc) is 2.73. The molecule has 0 saturated carbocycles. The first-order valence-corrected chi connectivity index (χ1v) is 9.53. The molecule has 4 heteroatoms. The molecular weight excluding hydrogens is 348 g/mol. The number of fused-ring (bicyclic) bond motifs is 1. The van der Waals surface area contributed by atoms with E-state index in [4.69, 9.17) is 0 Å².